The van der Waals surface area contributed by atoms with Gasteiger partial charge in [0.05, 0.1) is 0 Å². The Morgan fingerprint density at radius 3 is 1.13 bits per heavy atom. The van der Waals surface area contributed by atoms with Crippen LogP contribution in [0.15, 0.2) is 0 Å². The zero-order valence-corrected chi connectivity index (χ0v) is 21.4. The molecule has 0 amide bonds. The highest BCUT2D eigenvalue weighted by atomic mass is 31.1. The van der Waals surface area contributed by atoms with Crippen molar-refractivity contribution >= 4 is 7.80 Å². The first-order valence-corrected chi connectivity index (χ1v) is 14.9. The third kappa shape index (κ3) is 20.0. The molecule has 0 radical (unpaired) electrons. The van der Waals surface area contributed by atoms with Gasteiger partial charge < -0.3 is 10.2 Å². The summed E-state index contributed by atoms with van der Waals surface area (Å²) in [4.78, 5) is 0. The minimum Gasteiger partial charge on any atom is -0.396 e. The topological polar surface area (TPSA) is 57.5 Å². The summed E-state index contributed by atoms with van der Waals surface area (Å²) in [7, 11) is -1.31. The number of rotatable bonds is 24. The number of unbranched alkanes of at least 4 members (excludes halogenated alkanes) is 14. The Bertz CT molecular complexity index is 330. The van der Waals surface area contributed by atoms with Gasteiger partial charge in [-0.15, -0.1) is 0 Å². The summed E-state index contributed by atoms with van der Waals surface area (Å²) in [6, 6.07) is 0. The molecule has 0 aromatic heterocycles. The van der Waals surface area contributed by atoms with Crippen LogP contribution in [0.4, 0.5) is 0 Å². The maximum atomic E-state index is 12.6. The van der Waals surface area contributed by atoms with E-state index in [0.29, 0.717) is 12.3 Å². The first-order valence-electron chi connectivity index (χ1n) is 13.3. The van der Waals surface area contributed by atoms with E-state index >= 15 is 0 Å². The van der Waals surface area contributed by atoms with Gasteiger partial charge >= 0.3 is 7.80 Å². The van der Waals surface area contributed by atoms with E-state index in [4.69, 9.17) is 0 Å². The summed E-state index contributed by atoms with van der Waals surface area (Å²) < 4.78 is 12.6. The summed E-state index contributed by atoms with van der Waals surface area (Å²) in [5.41, 5.74) is 0. The fourth-order valence-corrected chi connectivity index (χ4v) is 6.16. The van der Waals surface area contributed by atoms with Crippen molar-refractivity contribution in [3.8, 4) is 0 Å². The molecule has 0 saturated carbocycles. The average molecular weight is 446 g/mol. The van der Waals surface area contributed by atoms with Gasteiger partial charge in [-0.1, -0.05) is 121 Å². The van der Waals surface area contributed by atoms with E-state index in [1.807, 2.05) is 0 Å². The second-order valence-corrected chi connectivity index (χ2v) is 11.2. The molecule has 4 heteroatoms. The molecule has 0 rings (SSSR count). The number of aliphatic hydroxyl groups is 2. The second kappa shape index (κ2) is 23.7. The van der Waals surface area contributed by atoms with Gasteiger partial charge in [-0.05, 0) is 12.8 Å². The Labute approximate surface area is 189 Å². The molecule has 30 heavy (non-hydrogen) atoms. The molecular formula is C26H54O3P+. The van der Waals surface area contributed by atoms with Crippen LogP contribution in [-0.2, 0) is 4.57 Å². The van der Waals surface area contributed by atoms with E-state index in [1.54, 1.807) is 0 Å². The zero-order valence-electron chi connectivity index (χ0n) is 20.5. The van der Waals surface area contributed by atoms with Crippen LogP contribution in [0.1, 0.15) is 129 Å². The van der Waals surface area contributed by atoms with E-state index in [-0.39, 0.29) is 25.0 Å². The van der Waals surface area contributed by atoms with E-state index in [9.17, 15) is 14.8 Å². The zero-order chi connectivity index (χ0) is 22.3. The van der Waals surface area contributed by atoms with E-state index in [1.165, 1.54) is 89.9 Å². The molecule has 2 N–H and O–H groups in total. The van der Waals surface area contributed by atoms with Crippen LogP contribution in [-0.4, -0.2) is 35.8 Å². The molecule has 0 saturated heterocycles. The lowest BCUT2D eigenvalue weighted by molar-refractivity contribution is 0.224. The molecule has 3 nitrogen and oxygen atoms in total. The van der Waals surface area contributed by atoms with Crippen molar-refractivity contribution in [2.45, 2.75) is 129 Å². The molecule has 0 bridgehead atoms. The highest BCUT2D eigenvalue weighted by Crippen LogP contribution is 2.31. The Balaban J connectivity index is 3.79. The molecule has 0 fully saturated rings. The van der Waals surface area contributed by atoms with Crippen molar-refractivity contribution in [1.82, 2.24) is 0 Å². The average Bonchev–Trinajstić information content (AvgIpc) is 2.75. The van der Waals surface area contributed by atoms with Gasteiger partial charge in [0.15, 0.2) is 12.3 Å². The first kappa shape index (κ1) is 30.0. The van der Waals surface area contributed by atoms with Gasteiger partial charge in [0, 0.05) is 25.0 Å². The Morgan fingerprint density at radius 2 is 0.833 bits per heavy atom. The Hall–Kier alpha value is 0.0200. The monoisotopic (exact) mass is 445 g/mol. The second-order valence-electron chi connectivity index (χ2n) is 9.47. The van der Waals surface area contributed by atoms with E-state index < -0.39 is 7.80 Å². The lowest BCUT2D eigenvalue weighted by Gasteiger charge is -2.11. The Morgan fingerprint density at radius 1 is 0.533 bits per heavy atom. The highest BCUT2D eigenvalue weighted by molar-refractivity contribution is 7.44. The minimum absolute atomic E-state index is 0.152. The van der Waals surface area contributed by atoms with Crippen molar-refractivity contribution in [2.75, 3.05) is 25.5 Å². The molecule has 0 aliphatic rings. The molecule has 180 valence electrons. The van der Waals surface area contributed by atoms with E-state index in [0.717, 1.165) is 25.7 Å². The van der Waals surface area contributed by atoms with Crippen molar-refractivity contribution in [3.05, 3.63) is 0 Å². The van der Waals surface area contributed by atoms with Gasteiger partial charge in [-0.3, -0.25) is 0 Å². The van der Waals surface area contributed by atoms with Gasteiger partial charge in [-0.25, -0.2) is 0 Å². The van der Waals surface area contributed by atoms with Crippen molar-refractivity contribution in [1.29, 1.82) is 0 Å². The molecule has 2 unspecified atom stereocenters. The van der Waals surface area contributed by atoms with Crippen LogP contribution in [0, 0.1) is 11.8 Å². The van der Waals surface area contributed by atoms with Crippen LogP contribution in [0.3, 0.4) is 0 Å². The number of hydrogen-bond donors (Lipinski definition) is 2. The van der Waals surface area contributed by atoms with Gasteiger partial charge in [0.2, 0.25) is 0 Å². The SMILES string of the molecule is CCCCCCCCCCC(CO)C[P+](=O)CC(CO)CCCCCCCCCC. The molecule has 0 spiro atoms. The normalized spacial score (nSPS) is 14.1. The largest absolute Gasteiger partial charge is 0.396 e. The van der Waals surface area contributed by atoms with Crippen molar-refractivity contribution in [3.63, 3.8) is 0 Å². The van der Waals surface area contributed by atoms with Crippen LogP contribution >= 0.6 is 7.80 Å². The van der Waals surface area contributed by atoms with Gasteiger partial charge in [0.25, 0.3) is 0 Å². The summed E-state index contributed by atoms with van der Waals surface area (Å²) in [5, 5.41) is 19.3. The maximum absolute atomic E-state index is 12.6. The predicted octanol–water partition coefficient (Wildman–Crippen LogP) is 8.09. The summed E-state index contributed by atoms with van der Waals surface area (Å²) in [6.07, 6.45) is 24.0. The first-order chi connectivity index (χ1) is 14.7. The van der Waals surface area contributed by atoms with Crippen LogP contribution < -0.4 is 0 Å². The van der Waals surface area contributed by atoms with Crippen molar-refractivity contribution < 1.29 is 14.8 Å². The third-order valence-electron chi connectivity index (χ3n) is 6.37. The van der Waals surface area contributed by atoms with Crippen LogP contribution in [0.2, 0.25) is 0 Å². The molecule has 0 heterocycles. The third-order valence-corrected chi connectivity index (χ3v) is 8.22. The molecule has 0 aliphatic heterocycles. The smallest absolute Gasteiger partial charge is 0.339 e. The molecule has 0 aliphatic carbocycles. The quantitative estimate of drug-likeness (QED) is 0.117. The molecule has 0 aromatic rings. The molecule has 2 atom stereocenters. The van der Waals surface area contributed by atoms with Crippen molar-refractivity contribution in [2.24, 2.45) is 11.8 Å². The van der Waals surface area contributed by atoms with Crippen LogP contribution in [0.5, 0.6) is 0 Å². The summed E-state index contributed by atoms with van der Waals surface area (Å²) in [5.74, 6) is 0.354. The fraction of sp³-hybridized carbons (Fsp3) is 1.00. The lowest BCUT2D eigenvalue weighted by Crippen LogP contribution is -2.14. The molecular weight excluding hydrogens is 391 g/mol. The van der Waals surface area contributed by atoms with Gasteiger partial charge in [-0.2, -0.15) is 0 Å². The highest BCUT2D eigenvalue weighted by Gasteiger charge is 2.26. The number of hydrogen-bond acceptors (Lipinski definition) is 3. The lowest BCUT2D eigenvalue weighted by atomic mass is 10.0. The van der Waals surface area contributed by atoms with Gasteiger partial charge in [0.1, 0.15) is 0 Å². The number of aliphatic hydroxyl groups excluding tert-OH is 2. The fourth-order valence-electron chi connectivity index (χ4n) is 4.26. The Kier molecular flexibility index (Phi) is 23.7. The maximum Gasteiger partial charge on any atom is 0.339 e. The summed E-state index contributed by atoms with van der Waals surface area (Å²) in [6.45, 7) is 4.80. The van der Waals surface area contributed by atoms with Crippen LogP contribution in [0.25, 0.3) is 0 Å². The summed E-state index contributed by atoms with van der Waals surface area (Å²) >= 11 is 0. The van der Waals surface area contributed by atoms with E-state index in [2.05, 4.69) is 13.8 Å². The standard InChI is InChI=1S/C26H54O3P/c1-3-5-7-9-11-13-15-17-19-25(21-27)23-30(29)24-26(22-28)20-18-16-14-12-10-8-6-4-2/h25-28H,3-24H2,1-2H3/q+1. The predicted molar refractivity (Wildman–Crippen MR) is 133 cm³/mol. The minimum atomic E-state index is -1.31. The molecule has 0 aromatic carbocycles.